The van der Waals surface area contributed by atoms with Crippen molar-refractivity contribution in [3.63, 3.8) is 0 Å². The van der Waals surface area contributed by atoms with E-state index in [9.17, 15) is 17.6 Å². The van der Waals surface area contributed by atoms with Crippen molar-refractivity contribution >= 4 is 15.9 Å². The smallest absolute Gasteiger partial charge is 0.276 e. The number of nitrogens with one attached hydrogen (secondary N) is 1. The molecule has 4 heterocycles. The summed E-state index contributed by atoms with van der Waals surface area (Å²) in [5, 5.41) is 10.0. The van der Waals surface area contributed by atoms with Crippen LogP contribution < -0.4 is 0 Å². The third-order valence-corrected chi connectivity index (χ3v) is 7.97. The van der Waals surface area contributed by atoms with Crippen molar-refractivity contribution in [2.45, 2.75) is 29.8 Å². The summed E-state index contributed by atoms with van der Waals surface area (Å²) in [5.74, 6) is -0.518. The van der Waals surface area contributed by atoms with E-state index in [-0.39, 0.29) is 40.4 Å². The molecule has 0 radical (unpaired) electrons. The third kappa shape index (κ3) is 2.43. The minimum absolute atomic E-state index is 0.0110. The van der Waals surface area contributed by atoms with Crippen molar-refractivity contribution in [2.24, 2.45) is 11.8 Å². The molecule has 3 saturated heterocycles. The Morgan fingerprint density at radius 3 is 2.48 bits per heavy atom. The first-order valence-electron chi connectivity index (χ1n) is 8.91. The Balaban J connectivity index is 1.39. The van der Waals surface area contributed by atoms with Crippen LogP contribution in [0, 0.1) is 17.7 Å². The van der Waals surface area contributed by atoms with Gasteiger partial charge in [-0.1, -0.05) is 6.07 Å². The summed E-state index contributed by atoms with van der Waals surface area (Å²) in [7, 11) is -3.74. The summed E-state index contributed by atoms with van der Waals surface area (Å²) in [6, 6.07) is 5.13. The fourth-order valence-electron chi connectivity index (χ4n) is 5.05. The van der Waals surface area contributed by atoms with Gasteiger partial charge in [0, 0.05) is 25.2 Å². The number of H-pyrrole nitrogens is 1. The van der Waals surface area contributed by atoms with E-state index in [4.69, 9.17) is 0 Å². The molecule has 0 spiro atoms. The SMILES string of the molecule is O=C(c1cn[nH]n1)N1[C@@H]2CC[C@H]1[C@H]1CN(S(=O)(=O)c3cccc(F)c3)C[C@H]12. The van der Waals surface area contributed by atoms with Crippen LogP contribution in [0.5, 0.6) is 0 Å². The Kier molecular flexibility index (Phi) is 3.63. The van der Waals surface area contributed by atoms with Gasteiger partial charge in [-0.3, -0.25) is 4.79 Å². The number of carbonyl (C=O) groups excluding carboxylic acids is 1. The molecule has 4 atom stereocenters. The second-order valence-corrected chi connectivity index (χ2v) is 9.32. The summed E-state index contributed by atoms with van der Waals surface area (Å²) < 4.78 is 40.7. The average Bonchev–Trinajstić information content (AvgIpc) is 3.42. The van der Waals surface area contributed by atoms with Crippen molar-refractivity contribution in [2.75, 3.05) is 13.1 Å². The van der Waals surface area contributed by atoms with Gasteiger partial charge in [-0.25, -0.2) is 12.8 Å². The lowest BCUT2D eigenvalue weighted by molar-refractivity contribution is 0.0698. The molecular formula is C17H18FN5O3S. The number of sulfonamides is 1. The molecule has 10 heteroatoms. The zero-order valence-electron chi connectivity index (χ0n) is 14.3. The van der Waals surface area contributed by atoms with E-state index in [1.807, 2.05) is 4.90 Å². The highest BCUT2D eigenvalue weighted by Gasteiger charge is 2.59. The molecule has 1 aromatic carbocycles. The van der Waals surface area contributed by atoms with Gasteiger partial charge in [0.1, 0.15) is 5.82 Å². The molecule has 27 heavy (non-hydrogen) atoms. The van der Waals surface area contributed by atoms with Crippen LogP contribution in [0.4, 0.5) is 4.39 Å². The van der Waals surface area contributed by atoms with Crippen molar-refractivity contribution in [3.8, 4) is 0 Å². The number of benzene rings is 1. The molecule has 3 aliphatic heterocycles. The molecule has 3 fully saturated rings. The molecule has 0 saturated carbocycles. The van der Waals surface area contributed by atoms with Gasteiger partial charge in [0.25, 0.3) is 5.91 Å². The zero-order chi connectivity index (χ0) is 18.8. The number of hydrogen-bond acceptors (Lipinski definition) is 5. The Morgan fingerprint density at radius 1 is 1.19 bits per heavy atom. The maximum Gasteiger partial charge on any atom is 0.276 e. The zero-order valence-corrected chi connectivity index (χ0v) is 15.1. The van der Waals surface area contributed by atoms with Gasteiger partial charge < -0.3 is 4.90 Å². The number of carbonyl (C=O) groups is 1. The van der Waals surface area contributed by atoms with Crippen LogP contribution in [-0.4, -0.2) is 64.1 Å². The van der Waals surface area contributed by atoms with Crippen LogP contribution in [0.3, 0.4) is 0 Å². The van der Waals surface area contributed by atoms with Crippen LogP contribution >= 0.6 is 0 Å². The minimum atomic E-state index is -3.74. The van der Waals surface area contributed by atoms with Crippen LogP contribution in [0.1, 0.15) is 23.3 Å². The Hall–Kier alpha value is -2.33. The number of hydrogen-bond donors (Lipinski definition) is 1. The van der Waals surface area contributed by atoms with E-state index in [1.165, 1.54) is 28.7 Å². The number of nitrogens with zero attached hydrogens (tertiary/aromatic N) is 4. The van der Waals surface area contributed by atoms with E-state index < -0.39 is 15.8 Å². The first-order valence-corrected chi connectivity index (χ1v) is 10.3. The van der Waals surface area contributed by atoms with Gasteiger partial charge >= 0.3 is 0 Å². The first kappa shape index (κ1) is 16.8. The molecule has 2 bridgehead atoms. The molecule has 1 N–H and O–H groups in total. The van der Waals surface area contributed by atoms with Gasteiger partial charge in [-0.05, 0) is 42.9 Å². The predicted molar refractivity (Wildman–Crippen MR) is 91.5 cm³/mol. The molecule has 5 rings (SSSR count). The van der Waals surface area contributed by atoms with Gasteiger partial charge in [0.2, 0.25) is 10.0 Å². The number of rotatable bonds is 3. The summed E-state index contributed by atoms with van der Waals surface area (Å²) in [6.45, 7) is 0.709. The number of aromatic amines is 1. The average molecular weight is 391 g/mol. The number of fused-ring (bicyclic) bond motifs is 5. The molecule has 2 aromatic rings. The van der Waals surface area contributed by atoms with E-state index >= 15 is 0 Å². The highest BCUT2D eigenvalue weighted by Crippen LogP contribution is 2.50. The topological polar surface area (TPSA) is 99.3 Å². The minimum Gasteiger partial charge on any atom is -0.331 e. The normalized spacial score (nSPS) is 30.0. The fourth-order valence-corrected chi connectivity index (χ4v) is 6.59. The second kappa shape index (κ2) is 5.83. The Morgan fingerprint density at radius 2 is 1.89 bits per heavy atom. The lowest BCUT2D eigenvalue weighted by Gasteiger charge is -2.26. The molecule has 0 aliphatic carbocycles. The molecule has 142 valence electrons. The maximum atomic E-state index is 13.5. The molecule has 3 aliphatic rings. The molecule has 8 nitrogen and oxygen atoms in total. The van der Waals surface area contributed by atoms with Gasteiger partial charge in [-0.2, -0.15) is 19.7 Å². The summed E-state index contributed by atoms with van der Waals surface area (Å²) in [5.41, 5.74) is 0.288. The summed E-state index contributed by atoms with van der Waals surface area (Å²) in [4.78, 5) is 14.6. The Labute approximate surface area is 155 Å². The fraction of sp³-hybridized carbons (Fsp3) is 0.471. The van der Waals surface area contributed by atoms with E-state index in [2.05, 4.69) is 15.4 Å². The van der Waals surface area contributed by atoms with Crippen molar-refractivity contribution in [3.05, 3.63) is 42.0 Å². The molecular weight excluding hydrogens is 373 g/mol. The van der Waals surface area contributed by atoms with Crippen LogP contribution in [0.25, 0.3) is 0 Å². The Bertz CT molecular complexity index is 976. The van der Waals surface area contributed by atoms with Crippen molar-refractivity contribution in [1.82, 2.24) is 24.6 Å². The largest absolute Gasteiger partial charge is 0.331 e. The highest BCUT2D eigenvalue weighted by atomic mass is 32.2. The van der Waals surface area contributed by atoms with Gasteiger partial charge in [0.15, 0.2) is 5.69 Å². The first-order chi connectivity index (χ1) is 13.0. The van der Waals surface area contributed by atoms with Crippen LogP contribution in [0.15, 0.2) is 35.4 Å². The van der Waals surface area contributed by atoms with Gasteiger partial charge in [0.05, 0.1) is 11.1 Å². The standard InChI is InChI=1S/C17H18FN5O3S/c18-10-2-1-3-11(6-10)27(25,26)22-8-12-13(9-22)16-5-4-15(12)23(16)17(24)14-7-19-21-20-14/h1-3,6-7,12-13,15-16H,4-5,8-9H2,(H,19,20,21)/t12-,13+,15-,16+. The van der Waals surface area contributed by atoms with Gasteiger partial charge in [-0.15, -0.1) is 0 Å². The number of halogens is 1. The maximum absolute atomic E-state index is 13.5. The van der Waals surface area contributed by atoms with Crippen LogP contribution in [-0.2, 0) is 10.0 Å². The lowest BCUT2D eigenvalue weighted by Crippen LogP contribution is -2.41. The van der Waals surface area contributed by atoms with Crippen LogP contribution in [0.2, 0.25) is 0 Å². The summed E-state index contributed by atoms with van der Waals surface area (Å²) in [6.07, 6.45) is 3.14. The monoisotopic (exact) mass is 391 g/mol. The third-order valence-electron chi connectivity index (χ3n) is 6.14. The number of amides is 1. The summed E-state index contributed by atoms with van der Waals surface area (Å²) >= 11 is 0. The van der Waals surface area contributed by atoms with E-state index in [0.717, 1.165) is 18.9 Å². The molecule has 1 amide bonds. The lowest BCUT2D eigenvalue weighted by atomic mass is 9.82. The van der Waals surface area contributed by atoms with Crippen molar-refractivity contribution in [1.29, 1.82) is 0 Å². The second-order valence-electron chi connectivity index (χ2n) is 7.39. The van der Waals surface area contributed by atoms with E-state index in [0.29, 0.717) is 13.1 Å². The predicted octanol–water partition coefficient (Wildman–Crippen LogP) is 0.867. The molecule has 0 unspecified atom stereocenters. The quantitative estimate of drug-likeness (QED) is 0.837. The van der Waals surface area contributed by atoms with E-state index in [1.54, 1.807) is 0 Å². The molecule has 1 aromatic heterocycles. The highest BCUT2D eigenvalue weighted by molar-refractivity contribution is 7.89. The van der Waals surface area contributed by atoms with Crippen molar-refractivity contribution < 1.29 is 17.6 Å². The number of aromatic nitrogens is 3.